The Bertz CT molecular complexity index is 1210. The van der Waals surface area contributed by atoms with Crippen molar-refractivity contribution in [2.45, 2.75) is 50.6 Å². The molecule has 0 bridgehead atoms. The van der Waals surface area contributed by atoms with Gasteiger partial charge in [0, 0.05) is 50.1 Å². The second-order valence-electron chi connectivity index (χ2n) is 10.9. The first-order valence-electron chi connectivity index (χ1n) is 14.0. The number of H-pyrrole nitrogens is 1. The van der Waals surface area contributed by atoms with Gasteiger partial charge in [-0.3, -0.25) is 14.4 Å². The Morgan fingerprint density at radius 3 is 2.49 bits per heavy atom. The third-order valence-corrected chi connectivity index (χ3v) is 8.47. The lowest BCUT2D eigenvalue weighted by Gasteiger charge is -2.46. The fourth-order valence-corrected chi connectivity index (χ4v) is 6.21. The van der Waals surface area contributed by atoms with Crippen molar-refractivity contribution < 1.29 is 14.4 Å². The van der Waals surface area contributed by atoms with Gasteiger partial charge >= 0.3 is 0 Å². The fraction of sp³-hybridized carbons (Fsp3) is 0.452. The van der Waals surface area contributed by atoms with Crippen molar-refractivity contribution in [1.29, 1.82) is 0 Å². The Balaban J connectivity index is 1.34. The van der Waals surface area contributed by atoms with Gasteiger partial charge < -0.3 is 15.2 Å². The van der Waals surface area contributed by atoms with Gasteiger partial charge in [0.25, 0.3) is 11.8 Å². The molecular formula is C31H39N5O3. The van der Waals surface area contributed by atoms with Gasteiger partial charge in [-0.25, -0.2) is 10.0 Å². The molecule has 0 radical (unpaired) electrons. The number of likely N-dealkylation sites (tertiary alicyclic amines) is 1. The summed E-state index contributed by atoms with van der Waals surface area (Å²) in [5.74, 6) is 1.08. The molecule has 2 N–H and O–H groups in total. The number of amides is 2. The number of likely N-dealkylation sites (N-methyl/N-ethyl adjacent to an activating group) is 1. The second kappa shape index (κ2) is 12.6. The first kappa shape index (κ1) is 27.1. The third-order valence-electron chi connectivity index (χ3n) is 8.47. The summed E-state index contributed by atoms with van der Waals surface area (Å²) < 4.78 is 0. The van der Waals surface area contributed by atoms with Gasteiger partial charge in [0.05, 0.1) is 19.5 Å². The predicted octanol–water partition coefficient (Wildman–Crippen LogP) is 4.32. The van der Waals surface area contributed by atoms with E-state index >= 15 is 0 Å². The lowest BCUT2D eigenvalue weighted by molar-refractivity contribution is -0.171. The van der Waals surface area contributed by atoms with Crippen LogP contribution in [0.1, 0.15) is 48.2 Å². The summed E-state index contributed by atoms with van der Waals surface area (Å²) in [5, 5.41) is 4.75. The molecule has 2 amide bonds. The van der Waals surface area contributed by atoms with Crippen LogP contribution in [0.4, 0.5) is 0 Å². The van der Waals surface area contributed by atoms with Crippen LogP contribution in [-0.2, 0) is 16.1 Å². The number of rotatable bonds is 9. The monoisotopic (exact) mass is 529 g/mol. The van der Waals surface area contributed by atoms with Crippen molar-refractivity contribution in [2.24, 2.45) is 11.8 Å². The molecule has 0 spiro atoms. The Labute approximate surface area is 230 Å². The zero-order chi connectivity index (χ0) is 27.2. The molecular weight excluding hydrogens is 490 g/mol. The highest BCUT2D eigenvalue weighted by molar-refractivity contribution is 5.95. The van der Waals surface area contributed by atoms with Crippen molar-refractivity contribution in [3.63, 3.8) is 0 Å². The van der Waals surface area contributed by atoms with Gasteiger partial charge in [0.15, 0.2) is 0 Å². The molecule has 4 atom stereocenters. The summed E-state index contributed by atoms with van der Waals surface area (Å²) in [4.78, 5) is 41.5. The highest BCUT2D eigenvalue weighted by atomic mass is 16.7. The predicted molar refractivity (Wildman–Crippen MR) is 151 cm³/mol. The van der Waals surface area contributed by atoms with Crippen LogP contribution in [0.3, 0.4) is 0 Å². The van der Waals surface area contributed by atoms with Gasteiger partial charge in [0.2, 0.25) is 0 Å². The maximum atomic E-state index is 13.9. The van der Waals surface area contributed by atoms with Crippen molar-refractivity contribution in [1.82, 2.24) is 25.2 Å². The molecule has 2 aromatic carbocycles. The molecule has 1 aliphatic carbocycles. The second-order valence-corrected chi connectivity index (χ2v) is 10.9. The number of fused-ring (bicyclic) bond motifs is 1. The molecule has 8 heteroatoms. The van der Waals surface area contributed by atoms with Crippen molar-refractivity contribution in [2.75, 3.05) is 27.2 Å². The van der Waals surface area contributed by atoms with E-state index in [1.165, 1.54) is 37.9 Å². The molecule has 39 heavy (non-hydrogen) atoms. The minimum Gasteiger partial charge on any atom is -0.348 e. The first-order chi connectivity index (χ1) is 19.0. The van der Waals surface area contributed by atoms with E-state index in [2.05, 4.69) is 32.3 Å². The van der Waals surface area contributed by atoms with Crippen molar-refractivity contribution in [3.05, 3.63) is 78.4 Å². The molecule has 3 aromatic rings. The number of imidazole rings is 1. The number of aromatic amines is 1. The Hall–Kier alpha value is -3.49. The molecule has 1 aliphatic heterocycles. The number of hydrogen-bond donors (Lipinski definition) is 2. The van der Waals surface area contributed by atoms with Gasteiger partial charge in [-0.05, 0) is 47.9 Å². The number of carbonyl (C=O) groups is 2. The van der Waals surface area contributed by atoms with Gasteiger partial charge in [-0.1, -0.05) is 61.7 Å². The van der Waals surface area contributed by atoms with E-state index in [9.17, 15) is 9.59 Å². The molecule has 8 nitrogen and oxygen atoms in total. The van der Waals surface area contributed by atoms with Crippen LogP contribution in [0.5, 0.6) is 0 Å². The van der Waals surface area contributed by atoms with Crippen LogP contribution in [0.25, 0.3) is 11.1 Å². The van der Waals surface area contributed by atoms with E-state index in [1.807, 2.05) is 42.5 Å². The number of nitrogens with zero attached hydrogens (tertiary/aromatic N) is 3. The smallest absolute Gasteiger partial charge is 0.263 e. The minimum absolute atomic E-state index is 0.00978. The van der Waals surface area contributed by atoms with E-state index in [-0.39, 0.29) is 17.9 Å². The lowest BCUT2D eigenvalue weighted by Crippen LogP contribution is -2.56. The zero-order valence-electron chi connectivity index (χ0n) is 22.9. The quantitative estimate of drug-likeness (QED) is 0.403. The third kappa shape index (κ3) is 6.40. The zero-order valence-corrected chi connectivity index (χ0v) is 22.9. The normalized spacial score (nSPS) is 21.7. The Kier molecular flexibility index (Phi) is 8.74. The topological polar surface area (TPSA) is 90.6 Å². The largest absolute Gasteiger partial charge is 0.348 e. The molecule has 5 rings (SSSR count). The number of carbonyl (C=O) groups excluding carboxylic acids is 2. The average molecular weight is 530 g/mol. The van der Waals surface area contributed by atoms with Crippen LogP contribution in [0, 0.1) is 11.8 Å². The van der Waals surface area contributed by atoms with Crippen molar-refractivity contribution in [3.8, 4) is 11.1 Å². The Morgan fingerprint density at radius 1 is 1.08 bits per heavy atom. The number of piperidine rings is 1. The summed E-state index contributed by atoms with van der Waals surface area (Å²) in [6.45, 7) is 1.31. The maximum Gasteiger partial charge on any atom is 0.263 e. The van der Waals surface area contributed by atoms with E-state index in [0.717, 1.165) is 29.8 Å². The standard InChI is InChI=1S/C31H39N5O3/c1-35(39-2)31(38)29(17-27-18-32-21-34-27)33-19-28-16-25-10-6-7-11-26(25)20-36(28)30(37)24-14-12-23(13-15-24)22-8-4-3-5-9-22/h3-5,8-9,12-15,18,21,25-26,28-29,33H,6-7,10-11,16-17,19-20H2,1-2H3,(H,32,34)/t25-,26-,28+,29?/m0/s1. The fourth-order valence-electron chi connectivity index (χ4n) is 6.21. The van der Waals surface area contributed by atoms with Crippen LogP contribution in [-0.4, -0.2) is 71.1 Å². The number of nitrogens with one attached hydrogen (secondary N) is 2. The highest BCUT2D eigenvalue weighted by Gasteiger charge is 2.39. The SMILES string of the molecule is CON(C)C(=O)C(Cc1cnc[nH]1)NC[C@H]1C[C@@H]2CCCC[C@H]2CN1C(=O)c1ccc(-c2ccccc2)cc1. The first-order valence-corrected chi connectivity index (χ1v) is 14.0. The number of aromatic nitrogens is 2. The Morgan fingerprint density at radius 2 is 1.79 bits per heavy atom. The summed E-state index contributed by atoms with van der Waals surface area (Å²) >= 11 is 0. The minimum atomic E-state index is -0.499. The average Bonchev–Trinajstić information content (AvgIpc) is 3.51. The van der Waals surface area contributed by atoms with Gasteiger partial charge in [-0.2, -0.15) is 0 Å². The summed E-state index contributed by atoms with van der Waals surface area (Å²) in [6.07, 6.45) is 9.66. The number of hydrogen-bond acceptors (Lipinski definition) is 5. The van der Waals surface area contributed by atoms with E-state index < -0.39 is 6.04 Å². The van der Waals surface area contributed by atoms with Crippen LogP contribution in [0.2, 0.25) is 0 Å². The molecule has 1 saturated heterocycles. The van der Waals surface area contributed by atoms with Crippen molar-refractivity contribution >= 4 is 11.8 Å². The highest BCUT2D eigenvalue weighted by Crippen LogP contribution is 2.39. The maximum absolute atomic E-state index is 13.9. The van der Waals surface area contributed by atoms with Crippen LogP contribution < -0.4 is 5.32 Å². The van der Waals surface area contributed by atoms with Crippen LogP contribution >= 0.6 is 0 Å². The number of hydroxylamine groups is 2. The van der Waals surface area contributed by atoms with E-state index in [0.29, 0.717) is 30.4 Å². The van der Waals surface area contributed by atoms with Crippen LogP contribution in [0.15, 0.2) is 67.1 Å². The van der Waals surface area contributed by atoms with Gasteiger partial charge in [0.1, 0.15) is 0 Å². The summed E-state index contributed by atoms with van der Waals surface area (Å²) in [6, 6.07) is 17.7. The summed E-state index contributed by atoms with van der Waals surface area (Å²) in [5.41, 5.74) is 3.81. The molecule has 1 aromatic heterocycles. The van der Waals surface area contributed by atoms with E-state index in [4.69, 9.17) is 4.84 Å². The number of benzene rings is 2. The molecule has 206 valence electrons. The van der Waals surface area contributed by atoms with Gasteiger partial charge in [-0.15, -0.1) is 0 Å². The molecule has 2 fully saturated rings. The lowest BCUT2D eigenvalue weighted by atomic mass is 9.72. The molecule has 1 unspecified atom stereocenters. The molecule has 1 saturated carbocycles. The molecule has 2 heterocycles. The van der Waals surface area contributed by atoms with E-state index in [1.54, 1.807) is 19.6 Å². The molecule has 2 aliphatic rings. The summed E-state index contributed by atoms with van der Waals surface area (Å²) in [7, 11) is 3.10.